The van der Waals surface area contributed by atoms with Gasteiger partial charge >= 0.3 is 0 Å². The molecule has 0 saturated carbocycles. The van der Waals surface area contributed by atoms with Gasteiger partial charge in [0.1, 0.15) is 0 Å². The summed E-state index contributed by atoms with van der Waals surface area (Å²) in [5.41, 5.74) is 4.12. The SMILES string of the molecule is COC1(C)CCCN(c2ccc3c(c2)NCCC3)C1. The molecule has 0 aromatic heterocycles. The quantitative estimate of drug-likeness (QED) is 0.884. The highest BCUT2D eigenvalue weighted by Gasteiger charge is 2.31. The summed E-state index contributed by atoms with van der Waals surface area (Å²) < 4.78 is 5.69. The summed E-state index contributed by atoms with van der Waals surface area (Å²) >= 11 is 0. The number of nitrogens with zero attached hydrogens (tertiary/aromatic N) is 1. The predicted octanol–water partition coefficient (Wildman–Crippen LogP) is 3.05. The van der Waals surface area contributed by atoms with Crippen molar-refractivity contribution in [1.82, 2.24) is 0 Å². The molecule has 0 amide bonds. The third-order valence-electron chi connectivity index (χ3n) is 4.55. The Morgan fingerprint density at radius 2 is 2.21 bits per heavy atom. The van der Waals surface area contributed by atoms with E-state index in [4.69, 9.17) is 4.74 Å². The van der Waals surface area contributed by atoms with Gasteiger partial charge < -0.3 is 15.0 Å². The van der Waals surface area contributed by atoms with Crippen LogP contribution >= 0.6 is 0 Å². The highest BCUT2D eigenvalue weighted by atomic mass is 16.5. The number of piperidine rings is 1. The Hall–Kier alpha value is -1.22. The second-order valence-corrected chi connectivity index (χ2v) is 6.05. The Kier molecular flexibility index (Phi) is 3.40. The average Bonchev–Trinajstić information content (AvgIpc) is 2.47. The van der Waals surface area contributed by atoms with Gasteiger partial charge in [0.15, 0.2) is 0 Å². The zero-order chi connectivity index (χ0) is 13.3. The van der Waals surface area contributed by atoms with Crippen LogP contribution in [-0.2, 0) is 11.2 Å². The number of benzene rings is 1. The molecule has 1 fully saturated rings. The highest BCUT2D eigenvalue weighted by molar-refractivity contribution is 5.63. The first-order valence-electron chi connectivity index (χ1n) is 7.37. The van der Waals surface area contributed by atoms with Crippen LogP contribution in [-0.4, -0.2) is 32.3 Å². The summed E-state index contributed by atoms with van der Waals surface area (Å²) in [5.74, 6) is 0. The van der Waals surface area contributed by atoms with Gasteiger partial charge in [-0.15, -0.1) is 0 Å². The van der Waals surface area contributed by atoms with Crippen molar-refractivity contribution in [3.05, 3.63) is 23.8 Å². The molecule has 1 atom stereocenters. The van der Waals surface area contributed by atoms with Crippen LogP contribution < -0.4 is 10.2 Å². The topological polar surface area (TPSA) is 24.5 Å². The molecule has 0 spiro atoms. The maximum atomic E-state index is 5.69. The summed E-state index contributed by atoms with van der Waals surface area (Å²) in [6.07, 6.45) is 4.81. The van der Waals surface area contributed by atoms with E-state index in [1.54, 1.807) is 0 Å². The van der Waals surface area contributed by atoms with E-state index in [1.807, 2.05) is 7.11 Å². The van der Waals surface area contributed by atoms with Gasteiger partial charge in [-0.05, 0) is 50.3 Å². The molecule has 1 N–H and O–H groups in total. The fourth-order valence-electron chi connectivity index (χ4n) is 3.24. The number of ether oxygens (including phenoxy) is 1. The van der Waals surface area contributed by atoms with Crippen LogP contribution in [0.5, 0.6) is 0 Å². The standard InChI is InChI=1S/C16H24N2O/c1-16(19-2)8-4-10-18(12-16)14-7-6-13-5-3-9-17-15(13)11-14/h6-7,11,17H,3-5,8-10,12H2,1-2H3. The molecule has 3 heteroatoms. The summed E-state index contributed by atoms with van der Waals surface area (Å²) in [5, 5.41) is 3.52. The smallest absolute Gasteiger partial charge is 0.0825 e. The molecule has 19 heavy (non-hydrogen) atoms. The van der Waals surface area contributed by atoms with Crippen molar-refractivity contribution >= 4 is 11.4 Å². The molecule has 2 aliphatic heterocycles. The van der Waals surface area contributed by atoms with Gasteiger partial charge in [0, 0.05) is 38.1 Å². The monoisotopic (exact) mass is 260 g/mol. The molecule has 3 rings (SSSR count). The van der Waals surface area contributed by atoms with Gasteiger partial charge in [-0.25, -0.2) is 0 Å². The molecule has 104 valence electrons. The van der Waals surface area contributed by atoms with E-state index in [0.717, 1.165) is 26.1 Å². The van der Waals surface area contributed by atoms with Gasteiger partial charge in [-0.1, -0.05) is 6.07 Å². The molecule has 0 radical (unpaired) electrons. The normalized spacial score (nSPS) is 26.7. The third-order valence-corrected chi connectivity index (χ3v) is 4.55. The number of nitrogens with one attached hydrogen (secondary N) is 1. The second-order valence-electron chi connectivity index (χ2n) is 6.05. The van der Waals surface area contributed by atoms with Crippen LogP contribution in [0.25, 0.3) is 0 Å². The minimum Gasteiger partial charge on any atom is -0.385 e. The first-order chi connectivity index (χ1) is 9.20. The van der Waals surface area contributed by atoms with Gasteiger partial charge in [-0.3, -0.25) is 0 Å². The third kappa shape index (κ3) is 2.57. The number of anilines is 2. The van der Waals surface area contributed by atoms with Gasteiger partial charge in [0.05, 0.1) is 5.60 Å². The molecular formula is C16H24N2O. The largest absolute Gasteiger partial charge is 0.385 e. The fraction of sp³-hybridized carbons (Fsp3) is 0.625. The van der Waals surface area contributed by atoms with Crippen molar-refractivity contribution in [1.29, 1.82) is 0 Å². The Morgan fingerprint density at radius 1 is 1.32 bits per heavy atom. The van der Waals surface area contributed by atoms with Gasteiger partial charge in [0.25, 0.3) is 0 Å². The van der Waals surface area contributed by atoms with E-state index in [0.29, 0.717) is 0 Å². The molecule has 1 aromatic rings. The summed E-state index contributed by atoms with van der Waals surface area (Å²) in [4.78, 5) is 2.46. The zero-order valence-corrected chi connectivity index (χ0v) is 12.0. The Bertz CT molecular complexity index is 460. The van der Waals surface area contributed by atoms with Crippen LogP contribution in [0.2, 0.25) is 0 Å². The van der Waals surface area contributed by atoms with Crippen molar-refractivity contribution < 1.29 is 4.74 Å². The number of hydrogen-bond acceptors (Lipinski definition) is 3. The predicted molar refractivity (Wildman–Crippen MR) is 80.1 cm³/mol. The first kappa shape index (κ1) is 12.8. The number of hydrogen-bond donors (Lipinski definition) is 1. The van der Waals surface area contributed by atoms with Crippen LogP contribution in [0.15, 0.2) is 18.2 Å². The van der Waals surface area contributed by atoms with Gasteiger partial charge in [0.2, 0.25) is 0 Å². The molecule has 0 bridgehead atoms. The van der Waals surface area contributed by atoms with Crippen LogP contribution in [0, 0.1) is 0 Å². The molecule has 2 heterocycles. The van der Waals surface area contributed by atoms with Crippen molar-refractivity contribution in [3.8, 4) is 0 Å². The number of rotatable bonds is 2. The zero-order valence-electron chi connectivity index (χ0n) is 12.0. The Labute approximate surface area is 115 Å². The molecule has 2 aliphatic rings. The number of methoxy groups -OCH3 is 1. The lowest BCUT2D eigenvalue weighted by molar-refractivity contribution is -0.00465. The summed E-state index contributed by atoms with van der Waals surface area (Å²) in [6, 6.07) is 6.87. The Balaban J connectivity index is 1.82. The first-order valence-corrected chi connectivity index (χ1v) is 7.37. The van der Waals surface area contributed by atoms with Crippen molar-refractivity contribution in [2.45, 2.75) is 38.2 Å². The van der Waals surface area contributed by atoms with E-state index in [-0.39, 0.29) is 5.60 Å². The molecule has 3 nitrogen and oxygen atoms in total. The lowest BCUT2D eigenvalue weighted by atomic mass is 9.94. The summed E-state index contributed by atoms with van der Waals surface area (Å²) in [7, 11) is 1.83. The Morgan fingerprint density at radius 3 is 3.05 bits per heavy atom. The van der Waals surface area contributed by atoms with Gasteiger partial charge in [-0.2, -0.15) is 0 Å². The van der Waals surface area contributed by atoms with Crippen LogP contribution in [0.1, 0.15) is 31.7 Å². The maximum Gasteiger partial charge on any atom is 0.0825 e. The highest BCUT2D eigenvalue weighted by Crippen LogP contribution is 2.32. The molecular weight excluding hydrogens is 236 g/mol. The molecule has 1 aromatic carbocycles. The summed E-state index contributed by atoms with van der Waals surface area (Å²) in [6.45, 7) is 5.45. The van der Waals surface area contributed by atoms with E-state index >= 15 is 0 Å². The lowest BCUT2D eigenvalue weighted by Gasteiger charge is -2.41. The van der Waals surface area contributed by atoms with Crippen molar-refractivity contribution in [2.75, 3.05) is 37.0 Å². The molecule has 0 aliphatic carbocycles. The number of aryl methyl sites for hydroxylation is 1. The van der Waals surface area contributed by atoms with Crippen LogP contribution in [0.4, 0.5) is 11.4 Å². The van der Waals surface area contributed by atoms with E-state index in [2.05, 4.69) is 35.3 Å². The van der Waals surface area contributed by atoms with Crippen LogP contribution in [0.3, 0.4) is 0 Å². The van der Waals surface area contributed by atoms with Crippen molar-refractivity contribution in [3.63, 3.8) is 0 Å². The average molecular weight is 260 g/mol. The lowest BCUT2D eigenvalue weighted by Crippen LogP contribution is -2.47. The number of fused-ring (bicyclic) bond motifs is 1. The minimum absolute atomic E-state index is 0.00157. The fourth-order valence-corrected chi connectivity index (χ4v) is 3.24. The van der Waals surface area contributed by atoms with E-state index in [9.17, 15) is 0 Å². The molecule has 1 unspecified atom stereocenters. The van der Waals surface area contributed by atoms with E-state index in [1.165, 1.54) is 36.2 Å². The molecule has 1 saturated heterocycles. The van der Waals surface area contributed by atoms with E-state index < -0.39 is 0 Å². The minimum atomic E-state index is 0.00157. The second kappa shape index (κ2) is 5.04. The van der Waals surface area contributed by atoms with Crippen molar-refractivity contribution in [2.24, 2.45) is 0 Å². The maximum absolute atomic E-state index is 5.69.